The van der Waals surface area contributed by atoms with Crippen molar-refractivity contribution in [3.8, 4) is 0 Å². The summed E-state index contributed by atoms with van der Waals surface area (Å²) in [5, 5.41) is 14.0. The van der Waals surface area contributed by atoms with E-state index in [0.717, 1.165) is 37.1 Å². The summed E-state index contributed by atoms with van der Waals surface area (Å²) in [4.78, 5) is 30.1. The van der Waals surface area contributed by atoms with Crippen molar-refractivity contribution in [2.24, 2.45) is 11.7 Å². The zero-order valence-corrected chi connectivity index (χ0v) is 26.3. The van der Waals surface area contributed by atoms with Gasteiger partial charge in [0.2, 0.25) is 21.8 Å². The molecule has 2 amide bonds. The highest BCUT2D eigenvalue weighted by Gasteiger charge is 2.42. The zero-order valence-electron chi connectivity index (χ0n) is 23.9. The molecular weight excluding hydrogens is 619 g/mol. The lowest BCUT2D eigenvalue weighted by molar-refractivity contribution is -0.140. The van der Waals surface area contributed by atoms with Gasteiger partial charge in [-0.15, -0.1) is 11.3 Å². The fourth-order valence-corrected chi connectivity index (χ4v) is 7.13. The summed E-state index contributed by atoms with van der Waals surface area (Å²) in [5.41, 5.74) is 5.83. The number of nitrogen functional groups attached to an aromatic ring is 1. The van der Waals surface area contributed by atoms with Crippen LogP contribution in [-0.2, 0) is 37.5 Å². The number of piperidine rings is 1. The van der Waals surface area contributed by atoms with E-state index < -0.39 is 45.8 Å². The van der Waals surface area contributed by atoms with Crippen molar-refractivity contribution in [2.75, 3.05) is 25.9 Å². The van der Waals surface area contributed by atoms with E-state index in [4.69, 9.17) is 27.5 Å². The van der Waals surface area contributed by atoms with Crippen LogP contribution in [0, 0.1) is 17.1 Å². The Morgan fingerprint density at radius 3 is 2.67 bits per heavy atom. The summed E-state index contributed by atoms with van der Waals surface area (Å²) in [6.45, 7) is 1.87. The van der Waals surface area contributed by atoms with Gasteiger partial charge in [-0.2, -0.15) is 0 Å². The number of amides is 2. The number of halogens is 2. The number of thiophene rings is 1. The average molecular weight is 657 g/mol. The van der Waals surface area contributed by atoms with Crippen LogP contribution in [0.25, 0.3) is 0 Å². The molecular formula is C28H38ClFN6O5S2. The monoisotopic (exact) mass is 656 g/mol. The number of ether oxygens (including phenoxy) is 1. The van der Waals surface area contributed by atoms with Gasteiger partial charge in [0, 0.05) is 28.4 Å². The number of amidine groups is 1. The molecule has 6 N–H and O–H groups in total. The van der Waals surface area contributed by atoms with Gasteiger partial charge in [-0.3, -0.25) is 15.0 Å². The molecule has 11 nitrogen and oxygen atoms in total. The molecule has 43 heavy (non-hydrogen) atoms. The van der Waals surface area contributed by atoms with Crippen LogP contribution in [0.2, 0.25) is 5.02 Å². The Labute approximate surface area is 260 Å². The van der Waals surface area contributed by atoms with E-state index in [2.05, 4.69) is 15.4 Å². The molecule has 0 unspecified atom stereocenters. The van der Waals surface area contributed by atoms with Crippen molar-refractivity contribution in [1.82, 2.24) is 20.3 Å². The summed E-state index contributed by atoms with van der Waals surface area (Å²) in [6, 6.07) is 5.75. The van der Waals surface area contributed by atoms with Crippen molar-refractivity contribution in [3.63, 3.8) is 0 Å². The molecule has 0 aliphatic carbocycles. The van der Waals surface area contributed by atoms with Crippen LogP contribution in [0.1, 0.15) is 47.4 Å². The third-order valence-corrected chi connectivity index (χ3v) is 9.75. The molecule has 2 saturated heterocycles. The third-order valence-electron chi connectivity index (χ3n) is 7.68. The van der Waals surface area contributed by atoms with E-state index >= 15 is 0 Å². The number of carbonyl (C=O) groups excluding carboxylic acids is 2. The maximum absolute atomic E-state index is 14.4. The highest BCUT2D eigenvalue weighted by molar-refractivity contribution is 7.88. The van der Waals surface area contributed by atoms with Gasteiger partial charge < -0.3 is 26.0 Å². The fourth-order valence-electron chi connectivity index (χ4n) is 5.43. The molecule has 15 heteroatoms. The number of benzene rings is 1. The van der Waals surface area contributed by atoms with E-state index in [1.54, 1.807) is 18.2 Å². The predicted octanol–water partition coefficient (Wildman–Crippen LogP) is 2.32. The normalized spacial score (nSPS) is 20.2. The highest BCUT2D eigenvalue weighted by Crippen LogP contribution is 2.26. The Kier molecular flexibility index (Phi) is 11.5. The maximum atomic E-state index is 14.4. The van der Waals surface area contributed by atoms with E-state index in [1.165, 1.54) is 28.4 Å². The number of sulfonamides is 1. The maximum Gasteiger partial charge on any atom is 0.243 e. The lowest BCUT2D eigenvalue weighted by atomic mass is 9.91. The molecule has 3 heterocycles. The summed E-state index contributed by atoms with van der Waals surface area (Å²) in [5.74, 6) is -1.15. The van der Waals surface area contributed by atoms with Gasteiger partial charge in [-0.1, -0.05) is 17.7 Å². The molecule has 0 bridgehead atoms. The van der Waals surface area contributed by atoms with E-state index in [-0.39, 0.29) is 42.5 Å². The largest absolute Gasteiger partial charge is 0.383 e. The van der Waals surface area contributed by atoms with Gasteiger partial charge in [0.15, 0.2) is 0 Å². The summed E-state index contributed by atoms with van der Waals surface area (Å²) >= 11 is 7.13. The first-order chi connectivity index (χ1) is 20.4. The van der Waals surface area contributed by atoms with Crippen LogP contribution in [0.4, 0.5) is 4.39 Å². The second-order valence-corrected chi connectivity index (χ2v) is 14.4. The first kappa shape index (κ1) is 33.3. The van der Waals surface area contributed by atoms with Gasteiger partial charge in [0.05, 0.1) is 30.4 Å². The number of carbonyl (C=O) groups is 2. The third kappa shape index (κ3) is 9.68. The molecule has 2 fully saturated rings. The molecule has 2 aliphatic heterocycles. The molecule has 2 aromatic rings. The number of nitrogens with one attached hydrogen (secondary N) is 4. The Morgan fingerprint density at radius 1 is 1.28 bits per heavy atom. The number of rotatable bonds is 13. The minimum Gasteiger partial charge on any atom is -0.383 e. The van der Waals surface area contributed by atoms with Crippen molar-refractivity contribution >= 4 is 50.6 Å². The van der Waals surface area contributed by atoms with Gasteiger partial charge in [-0.25, -0.2) is 17.5 Å². The Bertz CT molecular complexity index is 1420. The van der Waals surface area contributed by atoms with Crippen LogP contribution >= 0.6 is 22.9 Å². The summed E-state index contributed by atoms with van der Waals surface area (Å²) in [6.07, 6.45) is 3.41. The van der Waals surface area contributed by atoms with Gasteiger partial charge in [0.25, 0.3) is 0 Å². The van der Waals surface area contributed by atoms with E-state index in [9.17, 15) is 22.4 Å². The molecule has 0 spiro atoms. The highest BCUT2D eigenvalue weighted by atomic mass is 35.5. The second-order valence-electron chi connectivity index (χ2n) is 11.0. The lowest BCUT2D eigenvalue weighted by Gasteiger charge is -2.29. The molecule has 4 rings (SSSR count). The van der Waals surface area contributed by atoms with Crippen LogP contribution < -0.4 is 21.1 Å². The number of hydrogen-bond acceptors (Lipinski definition) is 8. The zero-order chi connectivity index (χ0) is 31.1. The SMILES string of the molecule is CS(=O)(=O)N[C@H](CCC1CCNCC1)C(=O)N1C[C@H](OCc2ccc(Cl)cc2F)C[C@@H]1C(=O)NCc1ccc(C(=N)N)s1. The molecule has 236 valence electrons. The molecule has 1 aromatic heterocycles. The minimum atomic E-state index is -3.73. The minimum absolute atomic E-state index is 0.0366. The molecule has 1 aromatic carbocycles. The number of nitrogens with two attached hydrogens (primary N) is 1. The molecule has 3 atom stereocenters. The standard InChI is InChI=1S/C28H38ClFN6O5S2/c1-43(39,40)35-23(6-2-17-8-10-33-11-9-17)28(38)36-15-20(41-16-18-3-4-19(29)12-22(18)30)13-24(36)27(37)34-14-21-5-7-25(42-21)26(31)32/h3-5,7,12,17,20,23-24,33,35H,2,6,8-11,13-16H2,1H3,(H3,31,32)(H,34,37)/t20-,23-,24-/m1/s1. The van der Waals surface area contributed by atoms with Crippen molar-refractivity contribution in [2.45, 2.75) is 63.4 Å². The van der Waals surface area contributed by atoms with Crippen LogP contribution in [0.15, 0.2) is 30.3 Å². The fraction of sp³-hybridized carbons (Fsp3) is 0.536. The van der Waals surface area contributed by atoms with Crippen LogP contribution in [0.3, 0.4) is 0 Å². The first-order valence-electron chi connectivity index (χ1n) is 14.1. The molecule has 0 radical (unpaired) electrons. The number of nitrogens with zero attached hydrogens (tertiary/aromatic N) is 1. The Morgan fingerprint density at radius 2 is 2.02 bits per heavy atom. The number of hydrogen-bond donors (Lipinski definition) is 5. The number of likely N-dealkylation sites (tertiary alicyclic amines) is 1. The van der Waals surface area contributed by atoms with E-state index in [0.29, 0.717) is 23.6 Å². The first-order valence-corrected chi connectivity index (χ1v) is 17.2. The Hall–Kier alpha value is -2.62. The summed E-state index contributed by atoms with van der Waals surface area (Å²) < 4.78 is 47.3. The molecule has 2 aliphatic rings. The van der Waals surface area contributed by atoms with Gasteiger partial charge >= 0.3 is 0 Å². The van der Waals surface area contributed by atoms with E-state index in [1.807, 2.05) is 0 Å². The predicted molar refractivity (Wildman–Crippen MR) is 164 cm³/mol. The van der Waals surface area contributed by atoms with Gasteiger partial charge in [0.1, 0.15) is 23.7 Å². The topological polar surface area (TPSA) is 167 Å². The van der Waals surface area contributed by atoms with Gasteiger partial charge in [-0.05, 0) is 69.0 Å². The van der Waals surface area contributed by atoms with Crippen molar-refractivity contribution in [3.05, 3.63) is 56.5 Å². The van der Waals surface area contributed by atoms with Crippen LogP contribution in [0.5, 0.6) is 0 Å². The average Bonchev–Trinajstić information content (AvgIpc) is 3.61. The second kappa shape index (κ2) is 14.9. The van der Waals surface area contributed by atoms with Crippen molar-refractivity contribution in [1.29, 1.82) is 5.41 Å². The summed E-state index contributed by atoms with van der Waals surface area (Å²) in [7, 11) is -3.73. The lowest BCUT2D eigenvalue weighted by Crippen LogP contribution is -2.53. The molecule has 0 saturated carbocycles. The van der Waals surface area contributed by atoms with Crippen LogP contribution in [-0.4, -0.2) is 75.0 Å². The smallest absolute Gasteiger partial charge is 0.243 e. The Balaban J connectivity index is 1.49. The quantitative estimate of drug-likeness (QED) is 0.163. The van der Waals surface area contributed by atoms with Crippen molar-refractivity contribution < 1.29 is 27.1 Å².